The van der Waals surface area contributed by atoms with Crippen LogP contribution in [0.4, 0.5) is 23.2 Å². The normalized spacial score (nSPS) is 16.6. The Morgan fingerprint density at radius 2 is 2.00 bits per heavy atom. The number of ether oxygens (including phenoxy) is 1. The topological polar surface area (TPSA) is 75.2 Å². The minimum absolute atomic E-state index is 0.0167. The number of aromatic nitrogens is 2. The average Bonchev–Trinajstić information content (AvgIpc) is 3.24. The van der Waals surface area contributed by atoms with Crippen molar-refractivity contribution in [3.05, 3.63) is 47.8 Å². The molecule has 0 saturated carbocycles. The van der Waals surface area contributed by atoms with Crippen LogP contribution in [0.15, 0.2) is 40.9 Å². The minimum Gasteiger partial charge on any atom is -0.405 e. The smallest absolute Gasteiger partial charge is 0.405 e. The van der Waals surface area contributed by atoms with Gasteiger partial charge in [0.15, 0.2) is 0 Å². The van der Waals surface area contributed by atoms with E-state index in [0.717, 1.165) is 49.7 Å². The fraction of sp³-hybridized carbons (Fsp3) is 0.318. The van der Waals surface area contributed by atoms with Crippen LogP contribution in [0.2, 0.25) is 0 Å². The predicted octanol–water partition coefficient (Wildman–Crippen LogP) is 5.69. The number of rotatable bonds is 4. The van der Waals surface area contributed by atoms with E-state index in [4.69, 9.17) is 4.52 Å². The molecule has 0 bridgehead atoms. The molecule has 1 unspecified atom stereocenters. The van der Waals surface area contributed by atoms with Crippen LogP contribution in [0.5, 0.6) is 5.75 Å². The monoisotopic (exact) mass is 446 g/mol. The van der Waals surface area contributed by atoms with Gasteiger partial charge in [-0.1, -0.05) is 5.16 Å². The van der Waals surface area contributed by atoms with Crippen LogP contribution in [0.25, 0.3) is 22.8 Å². The van der Waals surface area contributed by atoms with Crippen LogP contribution in [0.1, 0.15) is 31.7 Å². The van der Waals surface area contributed by atoms with Crippen molar-refractivity contribution in [3.63, 3.8) is 0 Å². The van der Waals surface area contributed by atoms with Crippen LogP contribution in [-0.4, -0.2) is 29.1 Å². The Hall–Kier alpha value is -3.61. The second-order valence-electron chi connectivity index (χ2n) is 7.49. The number of alkyl halides is 3. The summed E-state index contributed by atoms with van der Waals surface area (Å²) in [4.78, 5) is 6.28. The Bertz CT molecular complexity index is 1170. The Morgan fingerprint density at radius 1 is 1.19 bits per heavy atom. The van der Waals surface area contributed by atoms with Crippen LogP contribution < -0.4 is 9.64 Å². The highest BCUT2D eigenvalue weighted by molar-refractivity contribution is 5.70. The number of nitriles is 1. The summed E-state index contributed by atoms with van der Waals surface area (Å²) < 4.78 is 60.9. The largest absolute Gasteiger partial charge is 0.573 e. The van der Waals surface area contributed by atoms with Gasteiger partial charge in [-0.25, -0.2) is 4.39 Å². The standard InChI is InChI=1S/C22H18F4N4O2/c1-13-4-2-3-9-30(13)18-7-5-14(10-15(18)12-27)21-28-20(29-32-21)17-11-16(23)6-8-19(17)31-22(24,25)26/h5-8,10-11,13H,2-4,9H2,1H3. The molecule has 0 N–H and O–H groups in total. The third kappa shape index (κ3) is 4.51. The van der Waals surface area contributed by atoms with Crippen molar-refractivity contribution in [1.29, 1.82) is 5.26 Å². The van der Waals surface area contributed by atoms with E-state index in [1.165, 1.54) is 0 Å². The molecular formula is C22H18F4N4O2. The van der Waals surface area contributed by atoms with E-state index in [1.807, 2.05) is 0 Å². The van der Waals surface area contributed by atoms with Crippen molar-refractivity contribution in [2.24, 2.45) is 0 Å². The van der Waals surface area contributed by atoms with Crippen LogP contribution in [-0.2, 0) is 0 Å². The summed E-state index contributed by atoms with van der Waals surface area (Å²) in [5, 5.41) is 13.3. The summed E-state index contributed by atoms with van der Waals surface area (Å²) in [6, 6.07) is 10.1. The first-order valence-electron chi connectivity index (χ1n) is 9.96. The number of piperidine rings is 1. The summed E-state index contributed by atoms with van der Waals surface area (Å²) >= 11 is 0. The second kappa shape index (κ2) is 8.49. The van der Waals surface area contributed by atoms with Crippen molar-refractivity contribution in [2.75, 3.05) is 11.4 Å². The highest BCUT2D eigenvalue weighted by Crippen LogP contribution is 2.35. The number of nitrogens with zero attached hydrogens (tertiary/aromatic N) is 4. The zero-order valence-corrected chi connectivity index (χ0v) is 17.0. The van der Waals surface area contributed by atoms with Crippen LogP contribution >= 0.6 is 0 Å². The van der Waals surface area contributed by atoms with E-state index in [9.17, 15) is 22.8 Å². The Balaban J connectivity index is 1.68. The van der Waals surface area contributed by atoms with E-state index in [2.05, 4.69) is 32.8 Å². The summed E-state index contributed by atoms with van der Waals surface area (Å²) in [7, 11) is 0. The van der Waals surface area contributed by atoms with Gasteiger partial charge in [0.1, 0.15) is 17.6 Å². The molecular weight excluding hydrogens is 428 g/mol. The molecule has 0 amide bonds. The summed E-state index contributed by atoms with van der Waals surface area (Å²) in [5.74, 6) is -1.73. The van der Waals surface area contributed by atoms with E-state index in [0.29, 0.717) is 17.2 Å². The molecule has 1 aliphatic heterocycles. The fourth-order valence-corrected chi connectivity index (χ4v) is 3.81. The van der Waals surface area contributed by atoms with Crippen LogP contribution in [0, 0.1) is 17.1 Å². The molecule has 1 aliphatic rings. The third-order valence-corrected chi connectivity index (χ3v) is 5.31. The Morgan fingerprint density at radius 3 is 2.72 bits per heavy atom. The quantitative estimate of drug-likeness (QED) is 0.479. The van der Waals surface area contributed by atoms with E-state index in [-0.39, 0.29) is 17.3 Å². The second-order valence-corrected chi connectivity index (χ2v) is 7.49. The number of anilines is 1. The number of halogens is 4. The first-order valence-corrected chi connectivity index (χ1v) is 9.96. The van der Waals surface area contributed by atoms with Gasteiger partial charge in [0, 0.05) is 18.2 Å². The van der Waals surface area contributed by atoms with Gasteiger partial charge in [-0.3, -0.25) is 0 Å². The number of hydrogen-bond acceptors (Lipinski definition) is 6. The highest BCUT2D eigenvalue weighted by Gasteiger charge is 2.33. The molecule has 4 rings (SSSR count). The molecule has 6 nitrogen and oxygen atoms in total. The van der Waals surface area contributed by atoms with Gasteiger partial charge in [-0.2, -0.15) is 10.2 Å². The lowest BCUT2D eigenvalue weighted by molar-refractivity contribution is -0.274. The van der Waals surface area contributed by atoms with Gasteiger partial charge < -0.3 is 14.2 Å². The van der Waals surface area contributed by atoms with Gasteiger partial charge in [0.25, 0.3) is 5.89 Å². The molecule has 10 heteroatoms. The third-order valence-electron chi connectivity index (χ3n) is 5.31. The Labute approximate surface area is 181 Å². The molecule has 3 aromatic rings. The summed E-state index contributed by atoms with van der Waals surface area (Å²) in [5.41, 5.74) is 1.33. The van der Waals surface area contributed by atoms with E-state index in [1.54, 1.807) is 18.2 Å². The maximum atomic E-state index is 13.7. The number of hydrogen-bond donors (Lipinski definition) is 0. The molecule has 0 aliphatic carbocycles. The molecule has 0 radical (unpaired) electrons. The van der Waals surface area contributed by atoms with Gasteiger partial charge in [0.2, 0.25) is 5.82 Å². The van der Waals surface area contributed by atoms with E-state index >= 15 is 0 Å². The molecule has 1 atom stereocenters. The molecule has 1 fully saturated rings. The summed E-state index contributed by atoms with van der Waals surface area (Å²) in [6.07, 6.45) is -1.75. The van der Waals surface area contributed by atoms with Crippen molar-refractivity contribution in [3.8, 4) is 34.7 Å². The highest BCUT2D eigenvalue weighted by atomic mass is 19.4. The van der Waals surface area contributed by atoms with Crippen molar-refractivity contribution in [2.45, 2.75) is 38.6 Å². The molecule has 32 heavy (non-hydrogen) atoms. The van der Waals surface area contributed by atoms with E-state index < -0.39 is 17.9 Å². The van der Waals surface area contributed by atoms with Gasteiger partial charge in [-0.05, 0) is 62.6 Å². The molecule has 2 aromatic carbocycles. The molecule has 2 heterocycles. The maximum absolute atomic E-state index is 13.7. The van der Waals surface area contributed by atoms with Crippen molar-refractivity contribution in [1.82, 2.24) is 10.1 Å². The molecule has 1 aromatic heterocycles. The molecule has 0 spiro atoms. The molecule has 1 saturated heterocycles. The van der Waals surface area contributed by atoms with Crippen molar-refractivity contribution < 1.29 is 26.8 Å². The maximum Gasteiger partial charge on any atom is 0.573 e. The predicted molar refractivity (Wildman–Crippen MR) is 107 cm³/mol. The van der Waals surface area contributed by atoms with Crippen LogP contribution in [0.3, 0.4) is 0 Å². The van der Waals surface area contributed by atoms with Crippen molar-refractivity contribution >= 4 is 5.69 Å². The lowest BCUT2D eigenvalue weighted by Gasteiger charge is -2.36. The Kier molecular flexibility index (Phi) is 5.74. The minimum atomic E-state index is -4.97. The first-order chi connectivity index (χ1) is 15.2. The lowest BCUT2D eigenvalue weighted by Crippen LogP contribution is -2.37. The van der Waals surface area contributed by atoms with Gasteiger partial charge in [0.05, 0.1) is 16.8 Å². The lowest BCUT2D eigenvalue weighted by atomic mass is 10.0. The molecule has 166 valence electrons. The van der Waals surface area contributed by atoms with Gasteiger partial charge in [-0.15, -0.1) is 13.2 Å². The van der Waals surface area contributed by atoms with Gasteiger partial charge >= 0.3 is 6.36 Å². The fourth-order valence-electron chi connectivity index (χ4n) is 3.81. The average molecular weight is 446 g/mol. The zero-order chi connectivity index (χ0) is 22.9. The first kappa shape index (κ1) is 21.6. The number of benzene rings is 2. The zero-order valence-electron chi connectivity index (χ0n) is 17.0. The SMILES string of the molecule is CC1CCCCN1c1ccc(-c2nc(-c3cc(F)ccc3OC(F)(F)F)no2)cc1C#N. The summed E-state index contributed by atoms with van der Waals surface area (Å²) in [6.45, 7) is 2.96.